The van der Waals surface area contributed by atoms with E-state index in [9.17, 15) is 4.79 Å². The molecule has 1 fully saturated rings. The Hall–Kier alpha value is -1.23. The maximum atomic E-state index is 12.9. The van der Waals surface area contributed by atoms with E-state index in [1.165, 1.54) is 0 Å². The lowest BCUT2D eigenvalue weighted by molar-refractivity contribution is 0.0574. The summed E-state index contributed by atoms with van der Waals surface area (Å²) in [6, 6.07) is 0. The lowest BCUT2D eigenvalue weighted by Gasteiger charge is -2.38. The molecule has 0 saturated heterocycles. The second-order valence-corrected chi connectivity index (χ2v) is 4.98. The molecular weight excluding hydrogens is 228 g/mol. The molecule has 5 nitrogen and oxygen atoms in total. The number of carbonyl (C=O) groups excluding carboxylic acids is 1. The zero-order valence-corrected chi connectivity index (χ0v) is 11.5. The summed E-state index contributed by atoms with van der Waals surface area (Å²) in [7, 11) is 1.78. The van der Waals surface area contributed by atoms with Gasteiger partial charge in [0.1, 0.15) is 5.69 Å². The summed E-state index contributed by atoms with van der Waals surface area (Å²) in [6.45, 7) is 6.07. The highest BCUT2D eigenvalue weighted by Crippen LogP contribution is 2.37. The van der Waals surface area contributed by atoms with Crippen molar-refractivity contribution in [1.82, 2.24) is 19.9 Å². The van der Waals surface area contributed by atoms with Crippen LogP contribution >= 0.6 is 0 Å². The summed E-state index contributed by atoms with van der Waals surface area (Å²) < 4.78 is 1.59. The Morgan fingerprint density at radius 3 is 2.44 bits per heavy atom. The molecular formula is C13H22N4O. The molecule has 1 saturated carbocycles. The summed E-state index contributed by atoms with van der Waals surface area (Å²) in [4.78, 5) is 15.2. The number of likely N-dealkylation sites (N-methyl/N-ethyl adjacent to an activating group) is 1. The molecule has 0 aromatic carbocycles. The van der Waals surface area contributed by atoms with Crippen LogP contribution in [0.1, 0.15) is 50.0 Å². The zero-order valence-electron chi connectivity index (χ0n) is 11.5. The lowest BCUT2D eigenvalue weighted by Crippen LogP contribution is -2.53. The molecule has 0 spiro atoms. The number of Topliss-reactive ketones (excluding diaryl/α,β-unsaturated/α-hetero) is 1. The molecule has 1 aliphatic rings. The Bertz CT molecular complexity index is 416. The van der Waals surface area contributed by atoms with Gasteiger partial charge in [0.15, 0.2) is 0 Å². The van der Waals surface area contributed by atoms with Gasteiger partial charge in [0.25, 0.3) is 0 Å². The van der Waals surface area contributed by atoms with Crippen LogP contribution < -0.4 is 0 Å². The molecule has 18 heavy (non-hydrogen) atoms. The van der Waals surface area contributed by atoms with Crippen molar-refractivity contribution in [3.63, 3.8) is 0 Å². The first-order valence-electron chi connectivity index (χ1n) is 6.80. The third kappa shape index (κ3) is 1.96. The van der Waals surface area contributed by atoms with Crippen molar-refractivity contribution in [2.24, 2.45) is 7.05 Å². The van der Waals surface area contributed by atoms with E-state index in [4.69, 9.17) is 0 Å². The molecule has 1 heterocycles. The van der Waals surface area contributed by atoms with Gasteiger partial charge in [-0.25, -0.2) is 4.68 Å². The third-order valence-corrected chi connectivity index (χ3v) is 4.17. The number of carbonyl (C=O) groups is 1. The molecule has 1 aromatic rings. The average molecular weight is 250 g/mol. The van der Waals surface area contributed by atoms with E-state index in [0.717, 1.165) is 38.8 Å². The Morgan fingerprint density at radius 1 is 1.39 bits per heavy atom. The quantitative estimate of drug-likeness (QED) is 0.746. The second kappa shape index (κ2) is 5.18. The van der Waals surface area contributed by atoms with Crippen molar-refractivity contribution in [2.75, 3.05) is 13.1 Å². The molecule has 0 radical (unpaired) electrons. The number of aryl methyl sites for hydroxylation is 1. The van der Waals surface area contributed by atoms with Gasteiger partial charge in [-0.1, -0.05) is 31.9 Å². The van der Waals surface area contributed by atoms with Crippen molar-refractivity contribution < 1.29 is 4.79 Å². The van der Waals surface area contributed by atoms with Crippen LogP contribution in [0.15, 0.2) is 6.20 Å². The SMILES string of the molecule is CCN(CC)C1(C(=O)c2cnnn2C)CCCC1. The van der Waals surface area contributed by atoms with Crippen molar-refractivity contribution >= 4 is 5.78 Å². The minimum Gasteiger partial charge on any atom is -0.291 e. The lowest BCUT2D eigenvalue weighted by atomic mass is 9.88. The molecule has 0 atom stereocenters. The minimum atomic E-state index is -0.320. The highest BCUT2D eigenvalue weighted by atomic mass is 16.1. The molecule has 0 bridgehead atoms. The first-order chi connectivity index (χ1) is 8.65. The van der Waals surface area contributed by atoms with Crippen molar-refractivity contribution in [1.29, 1.82) is 0 Å². The maximum absolute atomic E-state index is 12.9. The molecule has 0 aliphatic heterocycles. The first kappa shape index (κ1) is 13.2. The Labute approximate surface area is 108 Å². The van der Waals surface area contributed by atoms with Gasteiger partial charge in [-0.3, -0.25) is 9.69 Å². The van der Waals surface area contributed by atoms with Crippen LogP contribution in [0.5, 0.6) is 0 Å². The van der Waals surface area contributed by atoms with Gasteiger partial charge in [-0.05, 0) is 25.9 Å². The number of aromatic nitrogens is 3. The monoisotopic (exact) mass is 250 g/mol. The number of nitrogens with zero attached hydrogens (tertiary/aromatic N) is 4. The fourth-order valence-corrected chi connectivity index (χ4v) is 3.21. The molecule has 0 amide bonds. The van der Waals surface area contributed by atoms with Crippen LogP contribution in [-0.4, -0.2) is 44.3 Å². The number of ketones is 1. The molecule has 5 heteroatoms. The van der Waals surface area contributed by atoms with Crippen LogP contribution in [0.2, 0.25) is 0 Å². The smallest absolute Gasteiger partial charge is 0.202 e. The largest absolute Gasteiger partial charge is 0.291 e. The van der Waals surface area contributed by atoms with E-state index in [1.807, 2.05) is 0 Å². The predicted octanol–water partition coefficient (Wildman–Crippen LogP) is 1.65. The van der Waals surface area contributed by atoms with Crippen LogP contribution in [0.4, 0.5) is 0 Å². The number of rotatable bonds is 5. The Kier molecular flexibility index (Phi) is 3.80. The minimum absolute atomic E-state index is 0.191. The fourth-order valence-electron chi connectivity index (χ4n) is 3.21. The van der Waals surface area contributed by atoms with Gasteiger partial charge in [0.2, 0.25) is 5.78 Å². The van der Waals surface area contributed by atoms with E-state index in [2.05, 4.69) is 29.1 Å². The van der Waals surface area contributed by atoms with Crippen molar-refractivity contribution in [3.8, 4) is 0 Å². The topological polar surface area (TPSA) is 51.0 Å². The van der Waals surface area contributed by atoms with Crippen LogP contribution in [0.25, 0.3) is 0 Å². The molecule has 100 valence electrons. The Morgan fingerprint density at radius 2 is 2.00 bits per heavy atom. The highest BCUT2D eigenvalue weighted by Gasteiger charge is 2.46. The third-order valence-electron chi connectivity index (χ3n) is 4.17. The average Bonchev–Trinajstić information content (AvgIpc) is 3.00. The molecule has 0 N–H and O–H groups in total. The predicted molar refractivity (Wildman–Crippen MR) is 69.5 cm³/mol. The van der Waals surface area contributed by atoms with E-state index in [-0.39, 0.29) is 11.3 Å². The van der Waals surface area contributed by atoms with Gasteiger partial charge in [-0.15, -0.1) is 5.10 Å². The summed E-state index contributed by atoms with van der Waals surface area (Å²) in [5, 5.41) is 7.71. The van der Waals surface area contributed by atoms with Gasteiger partial charge >= 0.3 is 0 Å². The van der Waals surface area contributed by atoms with Gasteiger partial charge in [0, 0.05) is 7.05 Å². The van der Waals surface area contributed by atoms with Crippen LogP contribution in [-0.2, 0) is 7.05 Å². The molecule has 1 aromatic heterocycles. The first-order valence-corrected chi connectivity index (χ1v) is 6.80. The van der Waals surface area contributed by atoms with Crippen LogP contribution in [0.3, 0.4) is 0 Å². The van der Waals surface area contributed by atoms with Crippen molar-refractivity contribution in [3.05, 3.63) is 11.9 Å². The highest BCUT2D eigenvalue weighted by molar-refractivity contribution is 6.01. The summed E-state index contributed by atoms with van der Waals surface area (Å²) in [5.41, 5.74) is 0.308. The molecule has 2 rings (SSSR count). The maximum Gasteiger partial charge on any atom is 0.202 e. The second-order valence-electron chi connectivity index (χ2n) is 4.98. The van der Waals surface area contributed by atoms with E-state index in [1.54, 1.807) is 17.9 Å². The summed E-state index contributed by atoms with van der Waals surface area (Å²) in [6.07, 6.45) is 5.77. The molecule has 0 unspecified atom stereocenters. The normalized spacial score (nSPS) is 18.4. The number of hydrogen-bond donors (Lipinski definition) is 0. The zero-order chi connectivity index (χ0) is 13.2. The van der Waals surface area contributed by atoms with Crippen molar-refractivity contribution in [2.45, 2.75) is 45.1 Å². The van der Waals surface area contributed by atoms with Crippen LogP contribution in [0, 0.1) is 0 Å². The van der Waals surface area contributed by atoms with Gasteiger partial charge in [-0.2, -0.15) is 0 Å². The molecule has 1 aliphatic carbocycles. The van der Waals surface area contributed by atoms with E-state index in [0.29, 0.717) is 5.69 Å². The summed E-state index contributed by atoms with van der Waals surface area (Å²) >= 11 is 0. The number of hydrogen-bond acceptors (Lipinski definition) is 4. The van der Waals surface area contributed by atoms with Gasteiger partial charge < -0.3 is 0 Å². The fraction of sp³-hybridized carbons (Fsp3) is 0.769. The van der Waals surface area contributed by atoms with E-state index < -0.39 is 0 Å². The van der Waals surface area contributed by atoms with E-state index >= 15 is 0 Å². The Balaban J connectivity index is 2.36. The van der Waals surface area contributed by atoms with Gasteiger partial charge in [0.05, 0.1) is 11.7 Å². The standard InChI is InChI=1S/C13H22N4O/c1-4-17(5-2)13(8-6-7-9-13)12(18)11-10-14-15-16(11)3/h10H,4-9H2,1-3H3. The summed E-state index contributed by atoms with van der Waals surface area (Å²) in [5.74, 6) is 0.191.